The zero-order valence-electron chi connectivity index (χ0n) is 15.8. The van der Waals surface area contributed by atoms with Crippen molar-refractivity contribution in [2.75, 3.05) is 32.5 Å². The zero-order valence-corrected chi connectivity index (χ0v) is 17.4. The molecule has 138 valence electrons. The molecule has 0 spiro atoms. The van der Waals surface area contributed by atoms with Crippen molar-refractivity contribution >= 4 is 33.3 Å². The summed E-state index contributed by atoms with van der Waals surface area (Å²) in [4.78, 5) is 12.9. The van der Waals surface area contributed by atoms with Crippen molar-refractivity contribution in [3.05, 3.63) is 35.5 Å². The molecule has 0 bridgehead atoms. The van der Waals surface area contributed by atoms with Gasteiger partial charge in [-0.05, 0) is 37.7 Å². The number of aromatic nitrogens is 2. The number of ether oxygens (including phenoxy) is 1. The monoisotopic (exact) mass is 387 g/mol. The number of benzene rings is 1. The number of hydrogen-bond donors (Lipinski definition) is 0. The van der Waals surface area contributed by atoms with Crippen LogP contribution in [0, 0.1) is 6.92 Å². The summed E-state index contributed by atoms with van der Waals surface area (Å²) in [6.45, 7) is 9.64. The molecule has 0 radical (unpaired) electrons. The summed E-state index contributed by atoms with van der Waals surface area (Å²) in [7, 11) is 1.69. The standard InChI is InChI=1S/C20H25N3OS2/c1-5-23(6-2)11-12-25-19-18-17(13-26-20(18)22-14(3)21-19)15-7-9-16(24-4)10-8-15/h7-10,13H,5-6,11-12H2,1-4H3. The van der Waals surface area contributed by atoms with Gasteiger partial charge in [0.25, 0.3) is 0 Å². The molecule has 0 aliphatic rings. The summed E-state index contributed by atoms with van der Waals surface area (Å²) in [5.41, 5.74) is 2.38. The number of thiophene rings is 1. The minimum Gasteiger partial charge on any atom is -0.497 e. The van der Waals surface area contributed by atoms with E-state index in [1.165, 1.54) is 16.5 Å². The van der Waals surface area contributed by atoms with E-state index in [0.717, 1.165) is 46.8 Å². The van der Waals surface area contributed by atoms with E-state index in [1.807, 2.05) is 30.8 Å². The highest BCUT2D eigenvalue weighted by Crippen LogP contribution is 2.38. The molecule has 1 aromatic carbocycles. The fourth-order valence-electron chi connectivity index (χ4n) is 2.91. The van der Waals surface area contributed by atoms with Crippen molar-refractivity contribution in [3.63, 3.8) is 0 Å². The molecule has 3 rings (SSSR count). The lowest BCUT2D eigenvalue weighted by Gasteiger charge is -2.17. The van der Waals surface area contributed by atoms with Crippen LogP contribution in [-0.2, 0) is 0 Å². The van der Waals surface area contributed by atoms with E-state index in [1.54, 1.807) is 18.4 Å². The molecule has 2 heterocycles. The predicted molar refractivity (Wildman–Crippen MR) is 113 cm³/mol. The smallest absolute Gasteiger partial charge is 0.128 e. The van der Waals surface area contributed by atoms with Gasteiger partial charge in [-0.15, -0.1) is 23.1 Å². The molecule has 3 aromatic rings. The van der Waals surface area contributed by atoms with Gasteiger partial charge in [0.15, 0.2) is 0 Å². The van der Waals surface area contributed by atoms with Gasteiger partial charge in [-0.25, -0.2) is 9.97 Å². The molecule has 4 nitrogen and oxygen atoms in total. The fourth-order valence-corrected chi connectivity index (χ4v) is 5.06. The Kier molecular flexibility index (Phi) is 6.51. The maximum absolute atomic E-state index is 5.28. The molecule has 2 aromatic heterocycles. The maximum atomic E-state index is 5.28. The maximum Gasteiger partial charge on any atom is 0.128 e. The van der Waals surface area contributed by atoms with Gasteiger partial charge in [0.2, 0.25) is 0 Å². The van der Waals surface area contributed by atoms with Gasteiger partial charge in [0, 0.05) is 23.2 Å². The molecule has 26 heavy (non-hydrogen) atoms. The van der Waals surface area contributed by atoms with Gasteiger partial charge in [-0.1, -0.05) is 26.0 Å². The van der Waals surface area contributed by atoms with Crippen LogP contribution in [0.25, 0.3) is 21.3 Å². The Morgan fingerprint density at radius 3 is 2.50 bits per heavy atom. The van der Waals surface area contributed by atoms with Gasteiger partial charge in [0.05, 0.1) is 12.5 Å². The molecule has 0 aliphatic heterocycles. The van der Waals surface area contributed by atoms with E-state index in [9.17, 15) is 0 Å². The molecule has 0 saturated carbocycles. The molecular weight excluding hydrogens is 362 g/mol. The van der Waals surface area contributed by atoms with Crippen molar-refractivity contribution < 1.29 is 4.74 Å². The first-order valence-corrected chi connectivity index (χ1v) is 10.8. The van der Waals surface area contributed by atoms with Crippen LogP contribution in [0.2, 0.25) is 0 Å². The Morgan fingerprint density at radius 2 is 1.85 bits per heavy atom. The van der Waals surface area contributed by atoms with Crippen molar-refractivity contribution in [1.82, 2.24) is 14.9 Å². The van der Waals surface area contributed by atoms with E-state index >= 15 is 0 Å². The second-order valence-corrected chi connectivity index (χ2v) is 7.95. The van der Waals surface area contributed by atoms with Crippen LogP contribution in [0.1, 0.15) is 19.7 Å². The quantitative estimate of drug-likeness (QED) is 0.397. The topological polar surface area (TPSA) is 38.2 Å². The first-order chi connectivity index (χ1) is 12.7. The number of hydrogen-bond acceptors (Lipinski definition) is 6. The average Bonchev–Trinajstić information content (AvgIpc) is 3.09. The second kappa shape index (κ2) is 8.84. The summed E-state index contributed by atoms with van der Waals surface area (Å²) in [6.07, 6.45) is 0. The summed E-state index contributed by atoms with van der Waals surface area (Å²) in [5.74, 6) is 2.74. The highest BCUT2D eigenvalue weighted by atomic mass is 32.2. The van der Waals surface area contributed by atoms with Gasteiger partial charge in [-0.3, -0.25) is 0 Å². The molecule has 0 amide bonds. The third-order valence-electron chi connectivity index (χ3n) is 4.45. The van der Waals surface area contributed by atoms with Crippen molar-refractivity contribution in [2.45, 2.75) is 25.8 Å². The normalized spacial score (nSPS) is 11.4. The van der Waals surface area contributed by atoms with Crippen molar-refractivity contribution in [1.29, 1.82) is 0 Å². The molecule has 0 unspecified atom stereocenters. The third-order valence-corrected chi connectivity index (χ3v) is 6.28. The first kappa shape index (κ1) is 19.1. The number of nitrogens with zero attached hydrogens (tertiary/aromatic N) is 3. The lowest BCUT2D eigenvalue weighted by Crippen LogP contribution is -2.25. The van der Waals surface area contributed by atoms with Gasteiger partial charge >= 0.3 is 0 Å². The van der Waals surface area contributed by atoms with E-state index < -0.39 is 0 Å². The van der Waals surface area contributed by atoms with Crippen LogP contribution >= 0.6 is 23.1 Å². The lowest BCUT2D eigenvalue weighted by atomic mass is 10.1. The molecular formula is C20H25N3OS2. The van der Waals surface area contributed by atoms with Crippen LogP contribution in [0.15, 0.2) is 34.7 Å². The Balaban J connectivity index is 1.93. The van der Waals surface area contributed by atoms with E-state index in [-0.39, 0.29) is 0 Å². The van der Waals surface area contributed by atoms with Gasteiger partial charge < -0.3 is 9.64 Å². The molecule has 0 atom stereocenters. The summed E-state index contributed by atoms with van der Waals surface area (Å²) in [6, 6.07) is 8.21. The summed E-state index contributed by atoms with van der Waals surface area (Å²) >= 11 is 3.52. The molecule has 0 aliphatic carbocycles. The SMILES string of the molecule is CCN(CC)CCSc1nc(C)nc2scc(-c3ccc(OC)cc3)c12. The Labute approximate surface area is 163 Å². The Hall–Kier alpha value is -1.63. The van der Waals surface area contributed by atoms with Crippen LogP contribution in [0.3, 0.4) is 0 Å². The van der Waals surface area contributed by atoms with Crippen LogP contribution < -0.4 is 4.74 Å². The molecule has 0 fully saturated rings. The van der Waals surface area contributed by atoms with E-state index in [0.29, 0.717) is 0 Å². The third kappa shape index (κ3) is 4.19. The van der Waals surface area contributed by atoms with E-state index in [2.05, 4.69) is 41.2 Å². The second-order valence-electron chi connectivity index (χ2n) is 6.01. The van der Waals surface area contributed by atoms with Gasteiger partial charge in [0.1, 0.15) is 21.4 Å². The largest absolute Gasteiger partial charge is 0.497 e. The number of fused-ring (bicyclic) bond motifs is 1. The first-order valence-electron chi connectivity index (χ1n) is 8.91. The highest BCUT2D eigenvalue weighted by molar-refractivity contribution is 7.99. The number of thioether (sulfide) groups is 1. The lowest BCUT2D eigenvalue weighted by molar-refractivity contribution is 0.324. The highest BCUT2D eigenvalue weighted by Gasteiger charge is 2.15. The number of rotatable bonds is 8. The number of aryl methyl sites for hydroxylation is 1. The summed E-state index contributed by atoms with van der Waals surface area (Å²) < 4.78 is 5.28. The van der Waals surface area contributed by atoms with E-state index in [4.69, 9.17) is 9.72 Å². The van der Waals surface area contributed by atoms with Crippen LogP contribution in [-0.4, -0.2) is 47.4 Å². The number of methoxy groups -OCH3 is 1. The minimum atomic E-state index is 0.839. The summed E-state index contributed by atoms with van der Waals surface area (Å²) in [5, 5.41) is 4.46. The van der Waals surface area contributed by atoms with Gasteiger partial charge in [-0.2, -0.15) is 0 Å². The average molecular weight is 388 g/mol. The molecule has 6 heteroatoms. The predicted octanol–water partition coefficient (Wildman–Crippen LogP) is 5.11. The fraction of sp³-hybridized carbons (Fsp3) is 0.400. The Bertz CT molecular complexity index is 857. The zero-order chi connectivity index (χ0) is 18.5. The Morgan fingerprint density at radius 1 is 1.12 bits per heavy atom. The van der Waals surface area contributed by atoms with Crippen molar-refractivity contribution in [2.24, 2.45) is 0 Å². The molecule has 0 saturated heterocycles. The van der Waals surface area contributed by atoms with Crippen LogP contribution in [0.5, 0.6) is 5.75 Å². The van der Waals surface area contributed by atoms with Crippen molar-refractivity contribution in [3.8, 4) is 16.9 Å². The minimum absolute atomic E-state index is 0.839. The molecule has 0 N–H and O–H groups in total. The van der Waals surface area contributed by atoms with Crippen LogP contribution in [0.4, 0.5) is 0 Å².